The molecule has 0 rings (SSSR count). The highest BCUT2D eigenvalue weighted by Crippen LogP contribution is 2.50. The third-order valence-electron chi connectivity index (χ3n) is 4.74. The zero-order chi connectivity index (χ0) is 27.7. The van der Waals surface area contributed by atoms with Gasteiger partial charge in [-0.25, -0.2) is 20.6 Å². The molecule has 0 fully saturated rings. The summed E-state index contributed by atoms with van der Waals surface area (Å²) in [6.45, 7) is 34.5. The van der Waals surface area contributed by atoms with E-state index in [2.05, 4.69) is 108 Å². The summed E-state index contributed by atoms with van der Waals surface area (Å²) >= 11 is 0. The minimum Gasteiger partial charge on any atom is -0.325 e. The molecule has 1 atom stereocenters. The van der Waals surface area contributed by atoms with E-state index in [0.29, 0.717) is 62.4 Å². The summed E-state index contributed by atoms with van der Waals surface area (Å²) < 4.78 is 24.1. The van der Waals surface area contributed by atoms with E-state index in [1.165, 1.54) is 0 Å². The molecule has 0 heterocycles. The second kappa shape index (κ2) is 20.6. The number of hydrogen-bond donors (Lipinski definition) is 0. The van der Waals surface area contributed by atoms with Gasteiger partial charge in [0.2, 0.25) is 6.54 Å². The highest BCUT2D eigenvalue weighted by atomic mass is 31.2. The van der Waals surface area contributed by atoms with Gasteiger partial charge >= 0.3 is 0 Å². The van der Waals surface area contributed by atoms with Crippen LogP contribution in [0, 0.1) is 17.9 Å². The van der Waals surface area contributed by atoms with E-state index in [1.807, 2.05) is 0 Å². The van der Waals surface area contributed by atoms with Crippen LogP contribution in [0.3, 0.4) is 0 Å². The molecule has 8 nitrogen and oxygen atoms in total. The molecule has 1 unspecified atom stereocenters. The van der Waals surface area contributed by atoms with Gasteiger partial charge < -0.3 is 18.4 Å². The van der Waals surface area contributed by atoms with Crippen molar-refractivity contribution in [3.05, 3.63) is 11.4 Å². The summed E-state index contributed by atoms with van der Waals surface area (Å²) in [5.41, 5.74) is 0. The van der Waals surface area contributed by atoms with Gasteiger partial charge in [0.05, 0.1) is 19.1 Å². The van der Waals surface area contributed by atoms with Crippen LogP contribution in [0.1, 0.15) is 89.5 Å². The quantitative estimate of drug-likeness (QED) is 0.117. The third-order valence-corrected chi connectivity index (χ3v) is 9.81. The Kier molecular flexibility index (Phi) is 21.7. The molecule has 0 bridgehead atoms. The van der Waals surface area contributed by atoms with Gasteiger partial charge in [0.1, 0.15) is 6.61 Å². The van der Waals surface area contributed by atoms with E-state index < -0.39 is 17.0 Å². The van der Waals surface area contributed by atoms with Gasteiger partial charge in [-0.05, 0) is 83.1 Å². The van der Waals surface area contributed by atoms with Crippen LogP contribution < -0.4 is 0 Å². The summed E-state index contributed by atoms with van der Waals surface area (Å²) in [4.78, 5) is 3.40. The normalized spacial score (nSPS) is 13.1. The van der Waals surface area contributed by atoms with E-state index in [9.17, 15) is 0 Å². The minimum absolute atomic E-state index is 0.373. The molecular formula is C25H53N5O3P2. The fourth-order valence-electron chi connectivity index (χ4n) is 3.76. The average molecular weight is 534 g/mol. The van der Waals surface area contributed by atoms with Crippen LogP contribution in [0.5, 0.6) is 0 Å². The van der Waals surface area contributed by atoms with Crippen molar-refractivity contribution in [2.45, 2.75) is 126 Å². The molecule has 0 aromatic rings. The molecule has 0 aromatic carbocycles. The van der Waals surface area contributed by atoms with E-state index in [-0.39, 0.29) is 0 Å². The van der Waals surface area contributed by atoms with Crippen LogP contribution in [-0.2, 0) is 13.6 Å². The maximum absolute atomic E-state index is 8.43. The lowest BCUT2D eigenvalue weighted by Crippen LogP contribution is -2.43. The maximum Gasteiger partial charge on any atom is 0.258 e. The van der Waals surface area contributed by atoms with Crippen LogP contribution in [0.15, 0.2) is 0 Å². The number of nitrogens with zero attached hydrogens (tertiary/aromatic N) is 5. The molecule has 0 aliphatic carbocycles. The summed E-state index contributed by atoms with van der Waals surface area (Å²) in [7, 11) is -0.215. The van der Waals surface area contributed by atoms with Gasteiger partial charge in [0.25, 0.3) is 8.53 Å². The van der Waals surface area contributed by atoms with Crippen molar-refractivity contribution in [1.29, 1.82) is 5.26 Å². The standard InChI is InChI=1S/C15H32N3OP.C10H21N2O2P/c1-12(2)17(13(3)4)20(19-11-10-16-9)18(14(5)6)15(7)8;1-9(2)12(10(3)4)15(13-5)14-8-6-7-11/h12-15H,10-11H2,1-8H3;9-10H,6,8H2,1-5H3. The van der Waals surface area contributed by atoms with E-state index in [4.69, 9.17) is 25.4 Å². The van der Waals surface area contributed by atoms with Crippen molar-refractivity contribution in [3.8, 4) is 6.07 Å². The van der Waals surface area contributed by atoms with Crippen molar-refractivity contribution >= 4 is 17.0 Å². The van der Waals surface area contributed by atoms with Crippen LogP contribution in [0.25, 0.3) is 4.85 Å². The Labute approximate surface area is 220 Å². The zero-order valence-electron chi connectivity index (χ0n) is 24.6. The van der Waals surface area contributed by atoms with E-state index in [1.54, 1.807) is 7.11 Å². The van der Waals surface area contributed by atoms with Gasteiger partial charge in [-0.2, -0.15) is 5.26 Å². The Bertz CT molecular complexity index is 563. The van der Waals surface area contributed by atoms with Gasteiger partial charge in [-0.1, -0.05) is 0 Å². The Morgan fingerprint density at radius 1 is 0.714 bits per heavy atom. The largest absolute Gasteiger partial charge is 0.325 e. The molecule has 0 amide bonds. The first kappa shape index (κ1) is 36.8. The lowest BCUT2D eigenvalue weighted by Gasteiger charge is -2.45. The topological polar surface area (TPSA) is 65.6 Å². The van der Waals surface area contributed by atoms with Crippen LogP contribution in [0.4, 0.5) is 0 Å². The van der Waals surface area contributed by atoms with E-state index in [0.717, 1.165) is 0 Å². The van der Waals surface area contributed by atoms with Gasteiger partial charge in [-0.3, -0.25) is 0 Å². The van der Waals surface area contributed by atoms with Crippen molar-refractivity contribution < 1.29 is 13.6 Å². The molecule has 0 saturated carbocycles. The monoisotopic (exact) mass is 533 g/mol. The van der Waals surface area contributed by atoms with Crippen LogP contribution in [-0.4, -0.2) is 77.1 Å². The van der Waals surface area contributed by atoms with Crippen LogP contribution >= 0.6 is 17.0 Å². The highest BCUT2D eigenvalue weighted by molar-refractivity contribution is 7.47. The first-order valence-corrected chi connectivity index (χ1v) is 15.0. The number of nitriles is 1. The second-order valence-electron chi connectivity index (χ2n) is 9.83. The summed E-state index contributed by atoms with van der Waals surface area (Å²) in [6.07, 6.45) is 0.409. The maximum atomic E-state index is 8.43. The highest BCUT2D eigenvalue weighted by Gasteiger charge is 2.34. The molecule has 0 N–H and O–H groups in total. The fourth-order valence-corrected chi connectivity index (χ4v) is 7.52. The lowest BCUT2D eigenvalue weighted by atomic mass is 10.3. The Hall–Kier alpha value is -0.400. The van der Waals surface area contributed by atoms with Gasteiger partial charge in [0, 0.05) is 43.4 Å². The Morgan fingerprint density at radius 3 is 1.40 bits per heavy atom. The van der Waals surface area contributed by atoms with Gasteiger partial charge in [0.15, 0.2) is 8.45 Å². The Morgan fingerprint density at radius 2 is 1.11 bits per heavy atom. The fraction of sp³-hybridized carbons (Fsp3) is 0.920. The SMILES string of the molecule is COP(OCCC#N)N(C(C)C)C(C)C.[C-]#[N+]CCOP(N(C(C)C)C(C)C)N(C(C)C)C(C)C. The molecule has 35 heavy (non-hydrogen) atoms. The molecule has 10 heteroatoms. The summed E-state index contributed by atoms with van der Waals surface area (Å²) in [5, 5.41) is 8.43. The molecule has 0 aliphatic heterocycles. The van der Waals surface area contributed by atoms with E-state index >= 15 is 0 Å². The smallest absolute Gasteiger partial charge is 0.258 e. The van der Waals surface area contributed by atoms with Crippen molar-refractivity contribution in [2.24, 2.45) is 0 Å². The molecule has 0 radical (unpaired) electrons. The number of rotatable bonds is 16. The van der Waals surface area contributed by atoms with Gasteiger partial charge in [-0.15, -0.1) is 0 Å². The lowest BCUT2D eigenvalue weighted by molar-refractivity contribution is 0.191. The minimum atomic E-state index is -1.03. The summed E-state index contributed by atoms with van der Waals surface area (Å²) in [5.74, 6) is 0. The number of hydrogen-bond acceptors (Lipinski definition) is 7. The molecular weight excluding hydrogens is 480 g/mol. The van der Waals surface area contributed by atoms with Crippen molar-refractivity contribution in [2.75, 3.05) is 26.9 Å². The second-order valence-corrected chi connectivity index (χ2v) is 13.1. The van der Waals surface area contributed by atoms with Crippen molar-refractivity contribution in [1.82, 2.24) is 14.0 Å². The average Bonchev–Trinajstić information content (AvgIpc) is 2.72. The molecule has 0 saturated heterocycles. The Balaban J connectivity index is 0. The summed E-state index contributed by atoms with van der Waals surface area (Å²) in [6, 6.07) is 4.50. The first-order chi connectivity index (χ1) is 16.3. The molecule has 206 valence electrons. The molecule has 0 spiro atoms. The molecule has 0 aromatic heterocycles. The first-order valence-electron chi connectivity index (χ1n) is 12.7. The predicted molar refractivity (Wildman–Crippen MR) is 151 cm³/mol. The zero-order valence-corrected chi connectivity index (χ0v) is 26.4. The van der Waals surface area contributed by atoms with Crippen molar-refractivity contribution in [3.63, 3.8) is 0 Å². The third kappa shape index (κ3) is 14.8. The molecule has 0 aliphatic rings. The van der Waals surface area contributed by atoms with Crippen LogP contribution in [0.2, 0.25) is 0 Å². The predicted octanol–water partition coefficient (Wildman–Crippen LogP) is 7.30.